The van der Waals surface area contributed by atoms with Gasteiger partial charge in [0.2, 0.25) is 5.82 Å². The van der Waals surface area contributed by atoms with E-state index in [-0.39, 0.29) is 33.4 Å². The summed E-state index contributed by atoms with van der Waals surface area (Å²) in [6.45, 7) is -0.703. The Balaban J connectivity index is 1.37. The van der Waals surface area contributed by atoms with Gasteiger partial charge in [-0.05, 0) is 43.0 Å². The number of aliphatic hydroxyl groups is 1. The second-order valence-corrected chi connectivity index (χ2v) is 14.3. The number of hydrazine groups is 1. The van der Waals surface area contributed by atoms with Crippen LogP contribution in [0.25, 0.3) is 0 Å². The normalized spacial score (nSPS) is 28.4. The van der Waals surface area contributed by atoms with E-state index in [4.69, 9.17) is 39.2 Å². The maximum atomic E-state index is 15.2. The van der Waals surface area contributed by atoms with E-state index in [1.54, 1.807) is 0 Å². The van der Waals surface area contributed by atoms with Crippen LogP contribution in [0.4, 0.5) is 46.6 Å². The largest absolute Gasteiger partial charge is 0.463 e. The lowest BCUT2D eigenvalue weighted by molar-refractivity contribution is -0.141. The van der Waals surface area contributed by atoms with Gasteiger partial charge in [-0.15, -0.1) is 23.2 Å². The molecule has 0 bridgehead atoms. The van der Waals surface area contributed by atoms with Crippen LogP contribution in [0, 0.1) is 46.8 Å². The van der Waals surface area contributed by atoms with Crippen molar-refractivity contribution in [1.29, 1.82) is 0 Å². The number of nitrogens with zero attached hydrogens (tertiary/aromatic N) is 4. The Bertz CT molecular complexity index is 2170. The molecule has 1 saturated carbocycles. The fourth-order valence-corrected chi connectivity index (χ4v) is 8.85. The Morgan fingerprint density at radius 3 is 2.13 bits per heavy atom. The molecule has 53 heavy (non-hydrogen) atoms. The molecule has 280 valence electrons. The molecule has 7 rings (SSSR count). The molecule has 4 amide bonds. The van der Waals surface area contributed by atoms with E-state index in [0.717, 1.165) is 13.1 Å². The van der Waals surface area contributed by atoms with Crippen molar-refractivity contribution < 1.29 is 63.8 Å². The number of carbonyl (C=O) groups is 4. The monoisotopic (exact) mass is 812 g/mol. The van der Waals surface area contributed by atoms with Gasteiger partial charge < -0.3 is 9.52 Å². The zero-order valence-corrected chi connectivity index (χ0v) is 28.5. The molecule has 3 fully saturated rings. The van der Waals surface area contributed by atoms with Crippen molar-refractivity contribution in [1.82, 2.24) is 9.99 Å². The van der Waals surface area contributed by atoms with Gasteiger partial charge >= 0.3 is 6.18 Å². The van der Waals surface area contributed by atoms with Gasteiger partial charge in [0.25, 0.3) is 23.6 Å². The molecule has 10 nitrogen and oxygen atoms in total. The molecular weight excluding hydrogens is 795 g/mol. The highest BCUT2D eigenvalue weighted by atomic mass is 35.5. The molecule has 1 aromatic carbocycles. The minimum absolute atomic E-state index is 0.0395. The molecule has 0 unspecified atom stereocenters. The lowest BCUT2D eigenvalue weighted by Gasteiger charge is -2.49. The van der Waals surface area contributed by atoms with Crippen LogP contribution >= 0.6 is 34.8 Å². The Kier molecular flexibility index (Phi) is 8.48. The maximum Gasteiger partial charge on any atom is 0.433 e. The van der Waals surface area contributed by atoms with Crippen LogP contribution in [-0.4, -0.2) is 55.5 Å². The number of amides is 4. The first-order valence-electron chi connectivity index (χ1n) is 15.2. The minimum Gasteiger partial charge on any atom is -0.463 e. The zero-order valence-electron chi connectivity index (χ0n) is 26.3. The van der Waals surface area contributed by atoms with Gasteiger partial charge in [-0.3, -0.25) is 24.2 Å². The lowest BCUT2D eigenvalue weighted by atomic mass is 9.57. The molecule has 0 radical (unpaired) electrons. The summed E-state index contributed by atoms with van der Waals surface area (Å²) >= 11 is 20.1. The van der Waals surface area contributed by atoms with Crippen molar-refractivity contribution in [2.24, 2.45) is 17.8 Å². The number of pyridine rings is 1. The number of hydrogen-bond acceptors (Lipinski definition) is 8. The van der Waals surface area contributed by atoms with Crippen LogP contribution in [0.15, 0.2) is 40.3 Å². The maximum absolute atomic E-state index is 15.2. The SMILES string of the molecule is CN(c1nc(C(F)(F)F)ccc1Cl)N1C(=O)[C@H]2[C@H](CC=C3[C@H]2C[C@@]2(Cl)C(=O)N(c4c(F)c(F)c(F)c(F)c4F)C(=O)[C@@]2(Cl)[C@H]3c2ccc(CO)o2)C1=O. The second kappa shape index (κ2) is 12.1. The molecule has 2 aliphatic carbocycles. The Morgan fingerprint density at radius 2 is 1.55 bits per heavy atom. The molecule has 6 atom stereocenters. The number of alkyl halides is 5. The van der Waals surface area contributed by atoms with Crippen LogP contribution in [-0.2, 0) is 32.0 Å². The number of imide groups is 2. The summed E-state index contributed by atoms with van der Waals surface area (Å²) in [7, 11) is 1.05. The number of rotatable bonds is 5. The smallest absolute Gasteiger partial charge is 0.433 e. The van der Waals surface area contributed by atoms with Crippen molar-refractivity contribution in [2.45, 2.75) is 41.3 Å². The van der Waals surface area contributed by atoms with E-state index in [9.17, 15) is 50.6 Å². The quantitative estimate of drug-likeness (QED) is 0.0814. The van der Waals surface area contributed by atoms with E-state index in [0.29, 0.717) is 16.1 Å². The molecule has 0 spiro atoms. The van der Waals surface area contributed by atoms with Crippen molar-refractivity contribution in [3.63, 3.8) is 0 Å². The number of aliphatic hydroxyl groups excluding tert-OH is 1. The fraction of sp³-hybridized carbons (Fsp3) is 0.344. The summed E-state index contributed by atoms with van der Waals surface area (Å²) in [6.07, 6.45) is -4.68. The van der Waals surface area contributed by atoms with Gasteiger partial charge in [0.05, 0.1) is 22.8 Å². The highest BCUT2D eigenvalue weighted by molar-refractivity contribution is 6.58. The molecule has 2 aliphatic heterocycles. The molecule has 21 heteroatoms. The third kappa shape index (κ3) is 4.90. The average Bonchev–Trinajstić information content (AvgIpc) is 3.72. The molecule has 3 aromatic rings. The number of benzene rings is 1. The molecule has 2 aromatic heterocycles. The zero-order chi connectivity index (χ0) is 38.9. The van der Waals surface area contributed by atoms with Crippen LogP contribution in [0.2, 0.25) is 5.02 Å². The summed E-state index contributed by atoms with van der Waals surface area (Å²) in [5.41, 5.74) is -3.33. The first kappa shape index (κ1) is 37.1. The summed E-state index contributed by atoms with van der Waals surface area (Å²) in [5, 5.41) is 10.5. The Morgan fingerprint density at radius 1 is 0.925 bits per heavy atom. The molecular formula is C32H19Cl3F8N4O6. The van der Waals surface area contributed by atoms with Crippen molar-refractivity contribution in [3.8, 4) is 0 Å². The Hall–Kier alpha value is -4.26. The number of fused-ring (bicyclic) bond motifs is 4. The van der Waals surface area contributed by atoms with E-state index >= 15 is 8.78 Å². The number of anilines is 2. The summed E-state index contributed by atoms with van der Waals surface area (Å²) in [6, 6.07) is 3.87. The van der Waals surface area contributed by atoms with Gasteiger partial charge in [0, 0.05) is 7.05 Å². The van der Waals surface area contributed by atoms with E-state index in [2.05, 4.69) is 4.98 Å². The predicted molar refractivity (Wildman–Crippen MR) is 166 cm³/mol. The van der Waals surface area contributed by atoms with Gasteiger partial charge in [-0.25, -0.2) is 31.8 Å². The number of carbonyl (C=O) groups excluding carboxylic acids is 4. The standard InChI is InChI=1S/C32H19Cl3F8N4O6/c1-45(25-14(33)5-7-16(44-25)32(41,42)43)47-26(49)12-4-3-11-13(17(12)27(47)50)8-30(34)28(51)46(24-22(39)20(37)19(36)21(38)23(24)40)29(52)31(30,35)18(11)15-6-2-10(9-48)53-15/h2-3,5-7,12-13,17-18,48H,4,8-9H2,1H3/t12-,13+,17-,18+,30+,31-/m0/s1. The number of aromatic nitrogens is 1. The molecule has 1 N–H and O–H groups in total. The van der Waals surface area contributed by atoms with Crippen LogP contribution in [0.1, 0.15) is 36.0 Å². The van der Waals surface area contributed by atoms with Crippen LogP contribution in [0.3, 0.4) is 0 Å². The van der Waals surface area contributed by atoms with Crippen molar-refractivity contribution in [3.05, 3.63) is 87.2 Å². The summed E-state index contributed by atoms with van der Waals surface area (Å²) < 4.78 is 119. The third-order valence-electron chi connectivity index (χ3n) is 10.0. The average molecular weight is 814 g/mol. The third-order valence-corrected chi connectivity index (χ3v) is 11.8. The second-order valence-electron chi connectivity index (χ2n) is 12.7. The number of furan rings is 1. The van der Waals surface area contributed by atoms with Gasteiger partial charge in [0.15, 0.2) is 38.8 Å². The fourth-order valence-electron chi connectivity index (χ4n) is 7.70. The van der Waals surface area contributed by atoms with Crippen molar-refractivity contribution in [2.75, 3.05) is 17.0 Å². The minimum atomic E-state index is -4.94. The number of halogens is 11. The van der Waals surface area contributed by atoms with Crippen LogP contribution in [0.5, 0.6) is 0 Å². The van der Waals surface area contributed by atoms with E-state index in [1.807, 2.05) is 0 Å². The topological polar surface area (TPSA) is 124 Å². The van der Waals surface area contributed by atoms with Gasteiger partial charge in [-0.1, -0.05) is 23.3 Å². The highest BCUT2D eigenvalue weighted by Crippen LogP contribution is 2.66. The first-order chi connectivity index (χ1) is 24.7. The van der Waals surface area contributed by atoms with E-state index in [1.165, 1.54) is 18.2 Å². The summed E-state index contributed by atoms with van der Waals surface area (Å²) in [4.78, 5) is 53.9. The lowest BCUT2D eigenvalue weighted by Crippen LogP contribution is -2.60. The van der Waals surface area contributed by atoms with Crippen LogP contribution < -0.4 is 9.91 Å². The number of allylic oxidation sites excluding steroid dienone is 2. The molecule has 4 heterocycles. The Labute approximate surface area is 306 Å². The molecule has 2 saturated heterocycles. The number of hydrogen-bond donors (Lipinski definition) is 1. The first-order valence-corrected chi connectivity index (χ1v) is 16.4. The summed E-state index contributed by atoms with van der Waals surface area (Å²) in [5.74, 6) is -25.0. The van der Waals surface area contributed by atoms with Gasteiger partial charge in [0.1, 0.15) is 29.5 Å². The highest BCUT2D eigenvalue weighted by Gasteiger charge is 2.78. The van der Waals surface area contributed by atoms with E-state index < -0.39 is 123 Å². The predicted octanol–water partition coefficient (Wildman–Crippen LogP) is 6.15. The van der Waals surface area contributed by atoms with Crippen molar-refractivity contribution >= 4 is 69.9 Å². The van der Waals surface area contributed by atoms with Gasteiger partial charge in [-0.2, -0.15) is 18.2 Å². The molecule has 4 aliphatic rings.